The van der Waals surface area contributed by atoms with Crippen LogP contribution in [0.2, 0.25) is 0 Å². The Morgan fingerprint density at radius 2 is 1.69 bits per heavy atom. The minimum atomic E-state index is -1.24. The maximum Gasteiger partial charge on any atom is 0.325 e. The second kappa shape index (κ2) is 9.12. The zero-order valence-corrected chi connectivity index (χ0v) is 19.1. The first kappa shape index (κ1) is 23.5. The van der Waals surface area contributed by atoms with Crippen molar-refractivity contribution < 1.29 is 19.5 Å². The van der Waals surface area contributed by atoms with Crippen LogP contribution in [-0.2, 0) is 27.1 Å². The maximum absolute atomic E-state index is 13.2. The standard InChI is InChI=1S/C25H31N3O4/c1-24(2,3)19-10-12-20(13-11-19)25(4)22(31)28(23(32)26-25)17-21(30)27(14-15-29)16-18-8-6-5-7-9-18/h5-13,29H,14-17H2,1-4H3,(H,26,32). The molecule has 2 N–H and O–H groups in total. The molecular weight excluding hydrogens is 406 g/mol. The Balaban J connectivity index is 1.76. The van der Waals surface area contributed by atoms with Gasteiger partial charge in [0.25, 0.3) is 5.91 Å². The van der Waals surface area contributed by atoms with Gasteiger partial charge in [-0.05, 0) is 29.0 Å². The highest BCUT2D eigenvalue weighted by Crippen LogP contribution is 2.31. The molecule has 4 amide bonds. The number of benzene rings is 2. The van der Waals surface area contributed by atoms with Gasteiger partial charge in [0.2, 0.25) is 5.91 Å². The lowest BCUT2D eigenvalue weighted by molar-refractivity contribution is -0.139. The first-order valence-electron chi connectivity index (χ1n) is 10.7. The van der Waals surface area contributed by atoms with Crippen molar-refractivity contribution in [2.24, 2.45) is 0 Å². The molecular formula is C25H31N3O4. The third-order valence-electron chi connectivity index (χ3n) is 5.84. The quantitative estimate of drug-likeness (QED) is 0.652. The van der Waals surface area contributed by atoms with Gasteiger partial charge in [-0.3, -0.25) is 14.5 Å². The largest absolute Gasteiger partial charge is 0.395 e. The third kappa shape index (κ3) is 4.83. The summed E-state index contributed by atoms with van der Waals surface area (Å²) in [5.74, 6) is -0.873. The van der Waals surface area contributed by atoms with Crippen molar-refractivity contribution in [3.63, 3.8) is 0 Å². The van der Waals surface area contributed by atoms with E-state index < -0.39 is 23.4 Å². The Morgan fingerprint density at radius 3 is 2.25 bits per heavy atom. The number of amides is 4. The van der Waals surface area contributed by atoms with E-state index >= 15 is 0 Å². The van der Waals surface area contributed by atoms with Crippen LogP contribution in [0.15, 0.2) is 54.6 Å². The van der Waals surface area contributed by atoms with Crippen LogP contribution in [0.3, 0.4) is 0 Å². The van der Waals surface area contributed by atoms with E-state index in [0.29, 0.717) is 5.56 Å². The molecule has 1 unspecified atom stereocenters. The molecule has 1 heterocycles. The normalized spacial score (nSPS) is 18.6. The number of urea groups is 1. The molecule has 1 aliphatic rings. The smallest absolute Gasteiger partial charge is 0.325 e. The number of carbonyl (C=O) groups excluding carboxylic acids is 3. The number of nitrogens with one attached hydrogen (secondary N) is 1. The van der Waals surface area contributed by atoms with E-state index in [-0.39, 0.29) is 31.7 Å². The summed E-state index contributed by atoms with van der Waals surface area (Å²) in [6, 6.07) is 16.4. The summed E-state index contributed by atoms with van der Waals surface area (Å²) >= 11 is 0. The second-order valence-corrected chi connectivity index (χ2v) is 9.30. The monoisotopic (exact) mass is 437 g/mol. The molecule has 0 spiro atoms. The van der Waals surface area contributed by atoms with E-state index in [4.69, 9.17) is 0 Å². The van der Waals surface area contributed by atoms with E-state index in [1.54, 1.807) is 6.92 Å². The van der Waals surface area contributed by atoms with Crippen molar-refractivity contribution >= 4 is 17.8 Å². The molecule has 0 aromatic heterocycles. The van der Waals surface area contributed by atoms with Gasteiger partial charge < -0.3 is 15.3 Å². The van der Waals surface area contributed by atoms with E-state index in [0.717, 1.165) is 16.0 Å². The summed E-state index contributed by atoms with van der Waals surface area (Å²) in [5.41, 5.74) is 1.41. The van der Waals surface area contributed by atoms with E-state index in [9.17, 15) is 19.5 Å². The van der Waals surface area contributed by atoms with Crippen LogP contribution in [0.25, 0.3) is 0 Å². The molecule has 1 atom stereocenters. The minimum Gasteiger partial charge on any atom is -0.395 e. The highest BCUT2D eigenvalue weighted by atomic mass is 16.3. The Kier molecular flexibility index (Phi) is 6.69. The van der Waals surface area contributed by atoms with Crippen LogP contribution in [0, 0.1) is 0 Å². The number of hydrogen-bond acceptors (Lipinski definition) is 4. The molecule has 7 heteroatoms. The topological polar surface area (TPSA) is 90.0 Å². The van der Waals surface area contributed by atoms with Gasteiger partial charge in [-0.15, -0.1) is 0 Å². The van der Waals surface area contributed by atoms with E-state index in [2.05, 4.69) is 26.1 Å². The molecule has 3 rings (SSSR count). The number of imide groups is 1. The van der Waals surface area contributed by atoms with Gasteiger partial charge in [0.15, 0.2) is 0 Å². The summed E-state index contributed by atoms with van der Waals surface area (Å²) in [4.78, 5) is 41.2. The fourth-order valence-electron chi connectivity index (χ4n) is 3.79. The second-order valence-electron chi connectivity index (χ2n) is 9.30. The zero-order chi connectivity index (χ0) is 23.5. The number of nitrogens with zero attached hydrogens (tertiary/aromatic N) is 2. The molecule has 32 heavy (non-hydrogen) atoms. The average molecular weight is 438 g/mol. The lowest BCUT2D eigenvalue weighted by Crippen LogP contribution is -2.45. The van der Waals surface area contributed by atoms with Gasteiger partial charge in [0.1, 0.15) is 12.1 Å². The fraction of sp³-hybridized carbons (Fsp3) is 0.400. The molecule has 2 aromatic rings. The first-order chi connectivity index (χ1) is 15.1. The summed E-state index contributed by atoms with van der Waals surface area (Å²) in [7, 11) is 0. The predicted molar refractivity (Wildman–Crippen MR) is 122 cm³/mol. The SMILES string of the molecule is CC(C)(C)c1ccc(C2(C)NC(=O)N(CC(=O)N(CCO)Cc3ccccc3)C2=O)cc1. The van der Waals surface area contributed by atoms with Crippen molar-refractivity contribution in [1.82, 2.24) is 15.1 Å². The van der Waals surface area contributed by atoms with Crippen LogP contribution in [0.1, 0.15) is 44.4 Å². The number of hydrogen-bond donors (Lipinski definition) is 2. The third-order valence-corrected chi connectivity index (χ3v) is 5.84. The van der Waals surface area contributed by atoms with Gasteiger partial charge in [0, 0.05) is 13.1 Å². The first-order valence-corrected chi connectivity index (χ1v) is 10.7. The van der Waals surface area contributed by atoms with Gasteiger partial charge in [-0.1, -0.05) is 75.4 Å². The molecule has 7 nitrogen and oxygen atoms in total. The number of aliphatic hydroxyl groups excluding tert-OH is 1. The Labute approximate surface area is 189 Å². The molecule has 170 valence electrons. The highest BCUT2D eigenvalue weighted by molar-refractivity contribution is 6.09. The van der Waals surface area contributed by atoms with E-state index in [1.165, 1.54) is 4.90 Å². The Morgan fingerprint density at radius 1 is 1.06 bits per heavy atom. The summed E-state index contributed by atoms with van der Waals surface area (Å²) in [6.45, 7) is 7.77. The zero-order valence-electron chi connectivity index (χ0n) is 19.1. The molecule has 0 bridgehead atoms. The molecule has 1 saturated heterocycles. The van der Waals surface area contributed by atoms with Crippen LogP contribution < -0.4 is 5.32 Å². The van der Waals surface area contributed by atoms with Gasteiger partial charge in [-0.25, -0.2) is 4.79 Å². The fourth-order valence-corrected chi connectivity index (χ4v) is 3.79. The molecule has 0 aliphatic carbocycles. The predicted octanol–water partition coefficient (Wildman–Crippen LogP) is 2.77. The van der Waals surface area contributed by atoms with Gasteiger partial charge in [-0.2, -0.15) is 0 Å². The Bertz CT molecular complexity index is 982. The van der Waals surface area contributed by atoms with Crippen molar-refractivity contribution in [3.8, 4) is 0 Å². The van der Waals surface area contributed by atoms with Crippen molar-refractivity contribution in [1.29, 1.82) is 0 Å². The van der Waals surface area contributed by atoms with Crippen LogP contribution in [0.5, 0.6) is 0 Å². The minimum absolute atomic E-state index is 0.0320. The van der Waals surface area contributed by atoms with Crippen LogP contribution >= 0.6 is 0 Å². The lowest BCUT2D eigenvalue weighted by Gasteiger charge is -2.26. The molecule has 0 radical (unpaired) electrons. The van der Waals surface area contributed by atoms with Crippen LogP contribution in [0.4, 0.5) is 4.79 Å². The number of carbonyl (C=O) groups is 3. The average Bonchev–Trinajstić information content (AvgIpc) is 2.97. The molecule has 2 aromatic carbocycles. The summed E-state index contributed by atoms with van der Waals surface area (Å²) in [6.07, 6.45) is 0. The number of rotatable bonds is 7. The summed E-state index contributed by atoms with van der Waals surface area (Å²) < 4.78 is 0. The Hall–Kier alpha value is -3.19. The van der Waals surface area contributed by atoms with Gasteiger partial charge in [0.05, 0.1) is 6.61 Å². The van der Waals surface area contributed by atoms with Gasteiger partial charge >= 0.3 is 6.03 Å². The van der Waals surface area contributed by atoms with Crippen molar-refractivity contribution in [3.05, 3.63) is 71.3 Å². The maximum atomic E-state index is 13.2. The van der Waals surface area contributed by atoms with Crippen molar-refractivity contribution in [2.45, 2.75) is 45.2 Å². The molecule has 0 saturated carbocycles. The van der Waals surface area contributed by atoms with Crippen LogP contribution in [-0.4, -0.2) is 52.4 Å². The van der Waals surface area contributed by atoms with Crippen molar-refractivity contribution in [2.75, 3.05) is 19.7 Å². The molecule has 1 fully saturated rings. The van der Waals surface area contributed by atoms with E-state index in [1.807, 2.05) is 54.6 Å². The lowest BCUT2D eigenvalue weighted by atomic mass is 9.84. The molecule has 1 aliphatic heterocycles. The number of aliphatic hydroxyl groups is 1. The highest BCUT2D eigenvalue weighted by Gasteiger charge is 2.49. The summed E-state index contributed by atoms with van der Waals surface area (Å²) in [5, 5.41) is 12.1.